The second-order valence-corrected chi connectivity index (χ2v) is 6.38. The molecule has 1 aromatic heterocycles. The van der Waals surface area contributed by atoms with Gasteiger partial charge in [0, 0.05) is 19.0 Å². The Bertz CT molecular complexity index is 875. The number of aromatic nitrogens is 3. The van der Waals surface area contributed by atoms with Crippen molar-refractivity contribution in [2.24, 2.45) is 4.99 Å². The number of unbranched alkanes of at least 4 members (excludes halogenated alkanes) is 1. The molecular formula is C19H21N6O2-. The van der Waals surface area contributed by atoms with Gasteiger partial charge >= 0.3 is 0 Å². The third-order valence-electron chi connectivity index (χ3n) is 4.25. The van der Waals surface area contributed by atoms with Crippen molar-refractivity contribution in [3.05, 3.63) is 41.2 Å². The molecule has 27 heavy (non-hydrogen) atoms. The van der Waals surface area contributed by atoms with Crippen LogP contribution in [0, 0.1) is 11.3 Å². The Balaban J connectivity index is 1.89. The van der Waals surface area contributed by atoms with Gasteiger partial charge in [-0.3, -0.25) is 4.79 Å². The molecule has 8 heteroatoms. The molecule has 0 spiro atoms. The molecule has 0 unspecified atom stereocenters. The summed E-state index contributed by atoms with van der Waals surface area (Å²) in [6, 6.07) is 9.21. The van der Waals surface area contributed by atoms with Crippen LogP contribution in [0.1, 0.15) is 54.4 Å². The summed E-state index contributed by atoms with van der Waals surface area (Å²) < 4.78 is 1.60. The van der Waals surface area contributed by atoms with E-state index in [1.165, 1.54) is 0 Å². The molecule has 1 aromatic carbocycles. The topological polar surface area (TPSA) is 119 Å². The van der Waals surface area contributed by atoms with Gasteiger partial charge in [-0.2, -0.15) is 5.26 Å². The Morgan fingerprint density at radius 2 is 2.15 bits per heavy atom. The first kappa shape index (κ1) is 18.6. The number of carbonyl (C=O) groups excluding carboxylic acids is 1. The number of hydrogen-bond donors (Lipinski definition) is 1. The number of benzene rings is 1. The molecule has 1 aliphatic carbocycles. The summed E-state index contributed by atoms with van der Waals surface area (Å²) in [5.41, 5.74) is 2.16. The van der Waals surface area contributed by atoms with Crippen LogP contribution in [-0.2, 0) is 6.42 Å². The molecule has 1 heterocycles. The Morgan fingerprint density at radius 3 is 2.78 bits per heavy atom. The van der Waals surface area contributed by atoms with Crippen LogP contribution in [0.5, 0.6) is 0 Å². The fourth-order valence-electron chi connectivity index (χ4n) is 2.71. The fraction of sp³-hybridized carbons (Fsp3) is 0.421. The lowest BCUT2D eigenvalue weighted by Crippen LogP contribution is -2.27. The number of nitrogens with one attached hydrogen (secondary N) is 1. The molecule has 8 nitrogen and oxygen atoms in total. The predicted octanol–water partition coefficient (Wildman–Crippen LogP) is 1.13. The van der Waals surface area contributed by atoms with E-state index in [2.05, 4.69) is 26.7 Å². The zero-order chi connectivity index (χ0) is 19.2. The van der Waals surface area contributed by atoms with Crippen molar-refractivity contribution in [1.82, 2.24) is 20.3 Å². The van der Waals surface area contributed by atoms with Crippen LogP contribution in [0.3, 0.4) is 0 Å². The van der Waals surface area contributed by atoms with Crippen LogP contribution >= 0.6 is 0 Å². The first-order chi connectivity index (χ1) is 13.1. The van der Waals surface area contributed by atoms with E-state index >= 15 is 0 Å². The van der Waals surface area contributed by atoms with Gasteiger partial charge in [-0.15, -0.1) is 5.10 Å². The molecular weight excluding hydrogens is 344 g/mol. The number of nitrogens with zero attached hydrogens (tertiary/aromatic N) is 5. The summed E-state index contributed by atoms with van der Waals surface area (Å²) in [5.74, 6) is -0.495. The predicted molar refractivity (Wildman–Crippen MR) is 97.5 cm³/mol. The lowest BCUT2D eigenvalue weighted by atomic mass is 10.1. The van der Waals surface area contributed by atoms with Crippen LogP contribution in [0.4, 0.5) is 0 Å². The smallest absolute Gasteiger partial charge is 0.273 e. The number of carbonyl (C=O) groups is 1. The largest absolute Gasteiger partial charge is 0.858 e. The minimum absolute atomic E-state index is 0.224. The first-order valence-electron chi connectivity index (χ1n) is 9.08. The van der Waals surface area contributed by atoms with Gasteiger partial charge in [0.2, 0.25) is 0 Å². The lowest BCUT2D eigenvalue weighted by molar-refractivity contribution is -0.213. The van der Waals surface area contributed by atoms with Crippen molar-refractivity contribution in [2.75, 3.05) is 6.54 Å². The third kappa shape index (κ3) is 4.50. The fourth-order valence-corrected chi connectivity index (χ4v) is 2.71. The number of rotatable bonds is 8. The Morgan fingerprint density at radius 1 is 1.41 bits per heavy atom. The SMILES string of the molecule is CCN=C([O-])c1ccc(-n2nnc(C(=O)NC3CC3)c2CCCC#N)cc1. The maximum atomic E-state index is 12.5. The monoisotopic (exact) mass is 365 g/mol. The molecule has 1 fully saturated rings. The molecule has 1 N–H and O–H groups in total. The van der Waals surface area contributed by atoms with Gasteiger partial charge in [0.15, 0.2) is 5.69 Å². The van der Waals surface area contributed by atoms with E-state index in [0.29, 0.717) is 48.4 Å². The number of hydrogen-bond acceptors (Lipinski definition) is 6. The molecule has 0 saturated heterocycles. The molecule has 2 aromatic rings. The second kappa shape index (κ2) is 8.45. The van der Waals surface area contributed by atoms with Crippen LogP contribution in [-0.4, -0.2) is 39.4 Å². The first-order valence-corrected chi connectivity index (χ1v) is 9.08. The average Bonchev–Trinajstić information content (AvgIpc) is 3.38. The quantitative estimate of drug-likeness (QED) is 0.427. The summed E-state index contributed by atoms with van der Waals surface area (Å²) in [7, 11) is 0. The molecule has 0 aliphatic heterocycles. The molecule has 0 radical (unpaired) electrons. The molecule has 140 valence electrons. The standard InChI is InChI=1S/C19H22N6O2/c1-2-21-18(26)13-6-10-15(11-7-13)25-16(5-3-4-12-20)17(23-24-25)19(27)22-14-8-9-14/h6-7,10-11,14H,2-5,8-9H2,1H3,(H,21,26)(H,22,27)/p-1. The molecule has 3 rings (SSSR count). The maximum Gasteiger partial charge on any atom is 0.273 e. The van der Waals surface area contributed by atoms with Crippen molar-refractivity contribution in [3.63, 3.8) is 0 Å². The van der Waals surface area contributed by atoms with E-state index in [4.69, 9.17) is 5.26 Å². The highest BCUT2D eigenvalue weighted by atomic mass is 16.3. The summed E-state index contributed by atoms with van der Waals surface area (Å²) in [4.78, 5) is 16.3. The van der Waals surface area contributed by atoms with Gasteiger partial charge in [0.05, 0.1) is 17.5 Å². The van der Waals surface area contributed by atoms with E-state index in [1.807, 2.05) is 6.92 Å². The van der Waals surface area contributed by atoms with E-state index < -0.39 is 0 Å². The highest BCUT2D eigenvalue weighted by Crippen LogP contribution is 2.21. The zero-order valence-electron chi connectivity index (χ0n) is 15.2. The summed E-state index contributed by atoms with van der Waals surface area (Å²) in [6.07, 6.45) is 3.49. The van der Waals surface area contributed by atoms with E-state index in [0.717, 1.165) is 12.8 Å². The van der Waals surface area contributed by atoms with Crippen molar-refractivity contribution >= 4 is 11.8 Å². The molecule has 1 aliphatic rings. The summed E-state index contributed by atoms with van der Waals surface area (Å²) in [5, 5.41) is 31.8. The van der Waals surface area contributed by atoms with E-state index in [1.54, 1.807) is 28.9 Å². The van der Waals surface area contributed by atoms with E-state index in [9.17, 15) is 9.90 Å². The number of aliphatic imine (C=N–C) groups is 1. The third-order valence-corrected chi connectivity index (χ3v) is 4.25. The number of amides is 1. The van der Waals surface area contributed by atoms with Crippen LogP contribution in [0.15, 0.2) is 29.3 Å². The molecule has 1 amide bonds. The molecule has 1 saturated carbocycles. The van der Waals surface area contributed by atoms with Gasteiger partial charge < -0.3 is 15.4 Å². The summed E-state index contributed by atoms with van der Waals surface area (Å²) in [6.45, 7) is 2.25. The highest BCUT2D eigenvalue weighted by Gasteiger charge is 2.27. The number of nitriles is 1. The van der Waals surface area contributed by atoms with Gasteiger partial charge in [-0.05, 0) is 56.2 Å². The van der Waals surface area contributed by atoms with Crippen molar-refractivity contribution in [3.8, 4) is 11.8 Å². The second-order valence-electron chi connectivity index (χ2n) is 6.38. The van der Waals surface area contributed by atoms with Gasteiger partial charge in [-0.25, -0.2) is 4.68 Å². The van der Waals surface area contributed by atoms with Crippen LogP contribution in [0.25, 0.3) is 5.69 Å². The zero-order valence-corrected chi connectivity index (χ0v) is 15.2. The Hall–Kier alpha value is -3.21. The van der Waals surface area contributed by atoms with Crippen molar-refractivity contribution in [1.29, 1.82) is 5.26 Å². The van der Waals surface area contributed by atoms with Gasteiger partial charge in [-0.1, -0.05) is 17.3 Å². The lowest BCUT2D eigenvalue weighted by Gasteiger charge is -2.12. The maximum absolute atomic E-state index is 12.5. The van der Waals surface area contributed by atoms with Gasteiger partial charge in [0.1, 0.15) is 0 Å². The Labute approximate surface area is 157 Å². The molecule has 0 atom stereocenters. The minimum atomic E-state index is -0.263. The molecule has 0 bridgehead atoms. The highest BCUT2D eigenvalue weighted by molar-refractivity contribution is 5.94. The summed E-state index contributed by atoms with van der Waals surface area (Å²) >= 11 is 0. The van der Waals surface area contributed by atoms with Crippen LogP contribution < -0.4 is 10.4 Å². The van der Waals surface area contributed by atoms with Crippen LogP contribution in [0.2, 0.25) is 0 Å². The van der Waals surface area contributed by atoms with Crippen molar-refractivity contribution < 1.29 is 9.90 Å². The normalized spacial score (nSPS) is 14.0. The average molecular weight is 365 g/mol. The Kier molecular flexibility index (Phi) is 5.81. The minimum Gasteiger partial charge on any atom is -0.858 e. The van der Waals surface area contributed by atoms with Crippen molar-refractivity contribution in [2.45, 2.75) is 45.1 Å². The van der Waals surface area contributed by atoms with E-state index in [-0.39, 0.29) is 17.8 Å². The van der Waals surface area contributed by atoms with Gasteiger partial charge in [0.25, 0.3) is 5.91 Å².